The first kappa shape index (κ1) is 14.0. The predicted molar refractivity (Wildman–Crippen MR) is 87.2 cm³/mol. The van der Waals surface area contributed by atoms with Crippen LogP contribution in [-0.4, -0.2) is 10.1 Å². The maximum absolute atomic E-state index is 5.83. The van der Waals surface area contributed by atoms with Gasteiger partial charge in [-0.3, -0.25) is 0 Å². The lowest BCUT2D eigenvalue weighted by Gasteiger charge is -2.07. The summed E-state index contributed by atoms with van der Waals surface area (Å²) in [4.78, 5) is 4.46. The lowest BCUT2D eigenvalue weighted by molar-refractivity contribution is 0.306. The van der Waals surface area contributed by atoms with Crippen molar-refractivity contribution in [3.63, 3.8) is 0 Å². The van der Waals surface area contributed by atoms with Crippen LogP contribution in [0.15, 0.2) is 53.1 Å². The summed E-state index contributed by atoms with van der Waals surface area (Å²) in [6.45, 7) is 2.65. The molecule has 1 aliphatic carbocycles. The fourth-order valence-electron chi connectivity index (χ4n) is 2.52. The highest BCUT2D eigenvalue weighted by Gasteiger charge is 2.29. The number of ether oxygens (including phenoxy) is 1. The van der Waals surface area contributed by atoms with E-state index in [-0.39, 0.29) is 0 Å². The van der Waals surface area contributed by atoms with Crippen molar-refractivity contribution in [1.29, 1.82) is 0 Å². The normalized spacial score (nSPS) is 14.0. The lowest BCUT2D eigenvalue weighted by atomic mass is 10.1. The van der Waals surface area contributed by atoms with E-state index in [0.717, 1.165) is 30.0 Å². The smallest absolute Gasteiger partial charge is 0.230 e. The van der Waals surface area contributed by atoms with Crippen LogP contribution in [0.2, 0.25) is 0 Å². The molecule has 1 saturated carbocycles. The first-order valence-electron chi connectivity index (χ1n) is 7.90. The molecule has 0 N–H and O–H groups in total. The molecular weight excluding hydrogens is 288 g/mol. The third-order valence-electron chi connectivity index (χ3n) is 3.97. The average molecular weight is 306 g/mol. The van der Waals surface area contributed by atoms with Gasteiger partial charge in [0.1, 0.15) is 12.4 Å². The molecule has 23 heavy (non-hydrogen) atoms. The quantitative estimate of drug-likeness (QED) is 0.696. The van der Waals surface area contributed by atoms with Crippen molar-refractivity contribution >= 4 is 0 Å². The summed E-state index contributed by atoms with van der Waals surface area (Å²) in [7, 11) is 0. The molecule has 0 spiro atoms. The second-order valence-corrected chi connectivity index (χ2v) is 6.03. The van der Waals surface area contributed by atoms with Gasteiger partial charge in [-0.1, -0.05) is 35.0 Å². The van der Waals surface area contributed by atoms with Gasteiger partial charge in [0, 0.05) is 11.5 Å². The van der Waals surface area contributed by atoms with Crippen LogP contribution in [0, 0.1) is 6.92 Å². The molecule has 0 radical (unpaired) electrons. The molecule has 1 aromatic heterocycles. The fourth-order valence-corrected chi connectivity index (χ4v) is 2.52. The number of benzene rings is 2. The van der Waals surface area contributed by atoms with E-state index in [1.165, 1.54) is 11.1 Å². The van der Waals surface area contributed by atoms with Crippen molar-refractivity contribution < 1.29 is 9.26 Å². The van der Waals surface area contributed by atoms with E-state index in [9.17, 15) is 0 Å². The number of aromatic nitrogens is 2. The Labute approximate surface area is 135 Å². The zero-order chi connectivity index (χ0) is 15.6. The summed E-state index contributed by atoms with van der Waals surface area (Å²) >= 11 is 0. The van der Waals surface area contributed by atoms with Gasteiger partial charge in [0.15, 0.2) is 0 Å². The van der Waals surface area contributed by atoms with Crippen LogP contribution in [0.1, 0.15) is 35.8 Å². The minimum absolute atomic E-state index is 0.480. The van der Waals surface area contributed by atoms with Crippen molar-refractivity contribution in [3.8, 4) is 17.1 Å². The fraction of sp³-hybridized carbons (Fsp3) is 0.263. The van der Waals surface area contributed by atoms with E-state index >= 15 is 0 Å². The van der Waals surface area contributed by atoms with Crippen LogP contribution in [0.25, 0.3) is 11.4 Å². The van der Waals surface area contributed by atoms with Gasteiger partial charge in [0.2, 0.25) is 11.7 Å². The highest BCUT2D eigenvalue weighted by atomic mass is 16.5. The molecule has 116 valence electrons. The molecular formula is C19H18N2O2. The average Bonchev–Trinajstić information content (AvgIpc) is 3.31. The van der Waals surface area contributed by atoms with Crippen LogP contribution in [0.5, 0.6) is 5.75 Å². The van der Waals surface area contributed by atoms with Crippen LogP contribution in [-0.2, 0) is 6.61 Å². The Bertz CT molecular complexity index is 804. The summed E-state index contributed by atoms with van der Waals surface area (Å²) in [5, 5.41) is 4.05. The van der Waals surface area contributed by atoms with Crippen LogP contribution >= 0.6 is 0 Å². The van der Waals surface area contributed by atoms with Gasteiger partial charge < -0.3 is 9.26 Å². The number of nitrogens with zero attached hydrogens (tertiary/aromatic N) is 2. The highest BCUT2D eigenvalue weighted by Crippen LogP contribution is 2.39. The maximum Gasteiger partial charge on any atom is 0.230 e. The van der Waals surface area contributed by atoms with E-state index in [0.29, 0.717) is 18.3 Å². The maximum atomic E-state index is 5.83. The van der Waals surface area contributed by atoms with Crippen LogP contribution in [0.3, 0.4) is 0 Å². The number of rotatable bonds is 5. The van der Waals surface area contributed by atoms with E-state index in [1.54, 1.807) is 0 Å². The Morgan fingerprint density at radius 1 is 1.13 bits per heavy atom. The van der Waals surface area contributed by atoms with Gasteiger partial charge in [0.25, 0.3) is 0 Å². The molecule has 1 fully saturated rings. The molecule has 4 heteroatoms. The van der Waals surface area contributed by atoms with Gasteiger partial charge in [-0.25, -0.2) is 0 Å². The van der Waals surface area contributed by atoms with Gasteiger partial charge in [-0.05, 0) is 49.6 Å². The standard InChI is InChI=1S/C19H18N2O2/c1-13-3-2-4-14(11-13)12-22-17-9-7-15(8-10-17)18-20-19(23-21-18)16-5-6-16/h2-4,7-11,16H,5-6,12H2,1H3. The van der Waals surface area contributed by atoms with Crippen molar-refractivity contribution in [2.45, 2.75) is 32.3 Å². The van der Waals surface area contributed by atoms with Crippen LogP contribution < -0.4 is 4.74 Å². The van der Waals surface area contributed by atoms with Crippen molar-refractivity contribution in [1.82, 2.24) is 10.1 Å². The van der Waals surface area contributed by atoms with E-state index in [4.69, 9.17) is 9.26 Å². The molecule has 0 amide bonds. The third-order valence-corrected chi connectivity index (χ3v) is 3.97. The molecule has 3 aromatic rings. The molecule has 0 atom stereocenters. The Kier molecular flexibility index (Phi) is 3.58. The molecule has 4 rings (SSSR count). The van der Waals surface area contributed by atoms with Gasteiger partial charge in [0.05, 0.1) is 0 Å². The number of hydrogen-bond donors (Lipinski definition) is 0. The van der Waals surface area contributed by atoms with E-state index < -0.39 is 0 Å². The second kappa shape index (κ2) is 5.88. The minimum atomic E-state index is 0.480. The second-order valence-electron chi connectivity index (χ2n) is 6.03. The topological polar surface area (TPSA) is 48.2 Å². The van der Waals surface area contributed by atoms with Crippen LogP contribution in [0.4, 0.5) is 0 Å². The van der Waals surface area contributed by atoms with E-state index in [2.05, 4.69) is 35.3 Å². The summed E-state index contributed by atoms with van der Waals surface area (Å²) in [6.07, 6.45) is 2.32. The molecule has 0 aliphatic heterocycles. The molecule has 1 heterocycles. The number of aryl methyl sites for hydroxylation is 1. The number of hydrogen-bond acceptors (Lipinski definition) is 4. The zero-order valence-electron chi connectivity index (χ0n) is 13.0. The monoisotopic (exact) mass is 306 g/mol. The predicted octanol–water partition coefficient (Wildman–Crippen LogP) is 4.50. The molecule has 4 nitrogen and oxygen atoms in total. The summed E-state index contributed by atoms with van der Waals surface area (Å²) < 4.78 is 11.1. The Balaban J connectivity index is 1.42. The minimum Gasteiger partial charge on any atom is -0.489 e. The van der Waals surface area contributed by atoms with E-state index in [1.807, 2.05) is 30.3 Å². The first-order valence-corrected chi connectivity index (χ1v) is 7.90. The molecule has 0 bridgehead atoms. The highest BCUT2D eigenvalue weighted by molar-refractivity contribution is 5.55. The third kappa shape index (κ3) is 3.26. The SMILES string of the molecule is Cc1cccc(COc2ccc(-c3noc(C4CC4)n3)cc2)c1. The van der Waals surface area contributed by atoms with Crippen molar-refractivity contribution in [2.75, 3.05) is 0 Å². The summed E-state index contributed by atoms with van der Waals surface area (Å²) in [6, 6.07) is 16.1. The first-order chi connectivity index (χ1) is 11.3. The summed E-state index contributed by atoms with van der Waals surface area (Å²) in [5.74, 6) is 2.73. The summed E-state index contributed by atoms with van der Waals surface area (Å²) in [5.41, 5.74) is 3.36. The zero-order valence-corrected chi connectivity index (χ0v) is 13.0. The van der Waals surface area contributed by atoms with Crippen molar-refractivity contribution in [2.24, 2.45) is 0 Å². The molecule has 1 aliphatic rings. The Morgan fingerprint density at radius 2 is 1.96 bits per heavy atom. The van der Waals surface area contributed by atoms with Gasteiger partial charge >= 0.3 is 0 Å². The molecule has 2 aromatic carbocycles. The molecule has 0 saturated heterocycles. The largest absolute Gasteiger partial charge is 0.489 e. The molecule has 0 unspecified atom stereocenters. The van der Waals surface area contributed by atoms with Crippen molar-refractivity contribution in [3.05, 3.63) is 65.5 Å². The Hall–Kier alpha value is -2.62. The Morgan fingerprint density at radius 3 is 2.70 bits per heavy atom. The lowest BCUT2D eigenvalue weighted by Crippen LogP contribution is -1.95. The van der Waals surface area contributed by atoms with Gasteiger partial charge in [-0.2, -0.15) is 4.98 Å². The van der Waals surface area contributed by atoms with Gasteiger partial charge in [-0.15, -0.1) is 0 Å².